The molecule has 4 heteroatoms. The van der Waals surface area contributed by atoms with E-state index in [0.29, 0.717) is 6.04 Å². The lowest BCUT2D eigenvalue weighted by molar-refractivity contribution is 0.573. The molecular formula is C12H13ClN2S. The van der Waals surface area contributed by atoms with Gasteiger partial charge in [-0.2, -0.15) is 0 Å². The summed E-state index contributed by atoms with van der Waals surface area (Å²) in [5.74, 6) is 0. The normalized spacial score (nSPS) is 12.6. The third-order valence-electron chi connectivity index (χ3n) is 2.41. The first-order valence-corrected chi connectivity index (χ1v) is 6.38. The molecule has 0 fully saturated rings. The SMILES string of the molecule is C[C@H](NCc1nccs1)c1ccc(Cl)cc1. The largest absolute Gasteiger partial charge is 0.304 e. The quantitative estimate of drug-likeness (QED) is 0.899. The molecule has 0 spiro atoms. The standard InChI is InChI=1S/C12H13ClN2S/c1-9(10-2-4-11(13)5-3-10)15-8-12-14-6-7-16-12/h2-7,9,15H,8H2,1H3/t9-/m0/s1. The maximum absolute atomic E-state index is 5.85. The summed E-state index contributed by atoms with van der Waals surface area (Å²) in [7, 11) is 0. The summed E-state index contributed by atoms with van der Waals surface area (Å²) >= 11 is 7.51. The highest BCUT2D eigenvalue weighted by Gasteiger charge is 2.05. The molecule has 1 N–H and O–H groups in total. The molecule has 1 aromatic carbocycles. The lowest BCUT2D eigenvalue weighted by atomic mass is 10.1. The highest BCUT2D eigenvalue weighted by atomic mass is 35.5. The predicted octanol–water partition coefficient (Wildman–Crippen LogP) is 3.65. The fourth-order valence-corrected chi connectivity index (χ4v) is 2.14. The predicted molar refractivity (Wildman–Crippen MR) is 68.8 cm³/mol. The summed E-state index contributed by atoms with van der Waals surface area (Å²) in [5.41, 5.74) is 1.24. The average Bonchev–Trinajstić information content (AvgIpc) is 2.80. The Morgan fingerprint density at radius 1 is 1.38 bits per heavy atom. The van der Waals surface area contributed by atoms with Crippen LogP contribution >= 0.6 is 22.9 Å². The molecule has 84 valence electrons. The number of aromatic nitrogens is 1. The third kappa shape index (κ3) is 3.04. The fourth-order valence-electron chi connectivity index (χ4n) is 1.45. The van der Waals surface area contributed by atoms with E-state index in [4.69, 9.17) is 11.6 Å². The zero-order chi connectivity index (χ0) is 11.4. The number of hydrogen-bond acceptors (Lipinski definition) is 3. The Balaban J connectivity index is 1.93. The summed E-state index contributed by atoms with van der Waals surface area (Å²) in [6.07, 6.45) is 1.83. The molecule has 1 heterocycles. The van der Waals surface area contributed by atoms with Crippen LogP contribution in [0.1, 0.15) is 23.5 Å². The second-order valence-electron chi connectivity index (χ2n) is 3.58. The number of nitrogens with one attached hydrogen (secondary N) is 1. The van der Waals surface area contributed by atoms with Crippen LogP contribution in [0.3, 0.4) is 0 Å². The van der Waals surface area contributed by atoms with Crippen LogP contribution in [-0.2, 0) is 6.54 Å². The van der Waals surface area contributed by atoms with Crippen LogP contribution < -0.4 is 5.32 Å². The van der Waals surface area contributed by atoms with Gasteiger partial charge in [0.05, 0.1) is 0 Å². The van der Waals surface area contributed by atoms with E-state index >= 15 is 0 Å². The van der Waals surface area contributed by atoms with Gasteiger partial charge in [0, 0.05) is 29.2 Å². The van der Waals surface area contributed by atoms with E-state index in [0.717, 1.165) is 16.6 Å². The van der Waals surface area contributed by atoms with Crippen molar-refractivity contribution in [2.75, 3.05) is 0 Å². The number of hydrogen-bond donors (Lipinski definition) is 1. The van der Waals surface area contributed by atoms with E-state index in [-0.39, 0.29) is 0 Å². The lowest BCUT2D eigenvalue weighted by Crippen LogP contribution is -2.17. The van der Waals surface area contributed by atoms with Gasteiger partial charge in [0.25, 0.3) is 0 Å². The molecule has 1 atom stereocenters. The van der Waals surface area contributed by atoms with Crippen molar-refractivity contribution in [1.82, 2.24) is 10.3 Å². The van der Waals surface area contributed by atoms with Gasteiger partial charge in [-0.05, 0) is 24.6 Å². The molecule has 0 radical (unpaired) electrons. The molecule has 2 nitrogen and oxygen atoms in total. The second-order valence-corrected chi connectivity index (χ2v) is 5.00. The molecule has 16 heavy (non-hydrogen) atoms. The number of thiazole rings is 1. The summed E-state index contributed by atoms with van der Waals surface area (Å²) in [6, 6.07) is 8.22. The Morgan fingerprint density at radius 2 is 2.12 bits per heavy atom. The van der Waals surface area contributed by atoms with Crippen LogP contribution in [-0.4, -0.2) is 4.98 Å². The van der Waals surface area contributed by atoms with E-state index in [1.165, 1.54) is 5.56 Å². The first-order chi connectivity index (χ1) is 7.75. The molecule has 0 aliphatic heterocycles. The van der Waals surface area contributed by atoms with E-state index in [1.54, 1.807) is 11.3 Å². The van der Waals surface area contributed by atoms with Crippen LogP contribution in [0.2, 0.25) is 5.02 Å². The van der Waals surface area contributed by atoms with Gasteiger partial charge in [-0.25, -0.2) is 4.98 Å². The number of nitrogens with zero attached hydrogens (tertiary/aromatic N) is 1. The fraction of sp³-hybridized carbons (Fsp3) is 0.250. The molecule has 2 rings (SSSR count). The zero-order valence-corrected chi connectivity index (χ0v) is 10.6. The molecule has 0 aliphatic carbocycles. The highest BCUT2D eigenvalue weighted by Crippen LogP contribution is 2.16. The summed E-state index contributed by atoms with van der Waals surface area (Å²) in [4.78, 5) is 4.23. The van der Waals surface area contributed by atoms with Gasteiger partial charge in [0.1, 0.15) is 5.01 Å². The van der Waals surface area contributed by atoms with Crippen LogP contribution in [0.25, 0.3) is 0 Å². The average molecular weight is 253 g/mol. The van der Waals surface area contributed by atoms with Crippen LogP contribution in [0.5, 0.6) is 0 Å². The van der Waals surface area contributed by atoms with Gasteiger partial charge >= 0.3 is 0 Å². The van der Waals surface area contributed by atoms with Crippen molar-refractivity contribution in [3.8, 4) is 0 Å². The minimum atomic E-state index is 0.307. The number of halogens is 1. The molecule has 0 saturated heterocycles. The zero-order valence-electron chi connectivity index (χ0n) is 8.98. The van der Waals surface area contributed by atoms with E-state index in [9.17, 15) is 0 Å². The van der Waals surface area contributed by atoms with Crippen LogP contribution in [0.4, 0.5) is 0 Å². The van der Waals surface area contributed by atoms with Gasteiger partial charge in [-0.1, -0.05) is 23.7 Å². The van der Waals surface area contributed by atoms with Crippen molar-refractivity contribution in [3.63, 3.8) is 0 Å². The van der Waals surface area contributed by atoms with Crippen molar-refractivity contribution < 1.29 is 0 Å². The van der Waals surface area contributed by atoms with Gasteiger partial charge in [-0.3, -0.25) is 0 Å². The Bertz CT molecular complexity index is 425. The van der Waals surface area contributed by atoms with E-state index < -0.39 is 0 Å². The van der Waals surface area contributed by atoms with E-state index in [2.05, 4.69) is 17.2 Å². The minimum absolute atomic E-state index is 0.307. The maximum atomic E-state index is 5.85. The van der Waals surface area contributed by atoms with Gasteiger partial charge in [-0.15, -0.1) is 11.3 Å². The molecule has 0 unspecified atom stereocenters. The van der Waals surface area contributed by atoms with Crippen molar-refractivity contribution in [2.24, 2.45) is 0 Å². The Morgan fingerprint density at radius 3 is 2.75 bits per heavy atom. The summed E-state index contributed by atoms with van der Waals surface area (Å²) < 4.78 is 0. The van der Waals surface area contributed by atoms with E-state index in [1.807, 2.05) is 35.8 Å². The second kappa shape index (κ2) is 5.43. The van der Waals surface area contributed by atoms with Crippen molar-refractivity contribution in [1.29, 1.82) is 0 Å². The summed E-state index contributed by atoms with van der Waals surface area (Å²) in [6.45, 7) is 2.94. The monoisotopic (exact) mass is 252 g/mol. The van der Waals surface area contributed by atoms with Crippen molar-refractivity contribution in [2.45, 2.75) is 19.5 Å². The molecule has 2 aromatic rings. The number of benzene rings is 1. The van der Waals surface area contributed by atoms with Crippen LogP contribution in [0.15, 0.2) is 35.8 Å². The molecule has 0 amide bonds. The summed E-state index contributed by atoms with van der Waals surface area (Å²) in [5, 5.41) is 7.30. The lowest BCUT2D eigenvalue weighted by Gasteiger charge is -2.13. The Kier molecular flexibility index (Phi) is 3.93. The first-order valence-electron chi connectivity index (χ1n) is 5.13. The highest BCUT2D eigenvalue weighted by molar-refractivity contribution is 7.09. The van der Waals surface area contributed by atoms with Crippen molar-refractivity contribution in [3.05, 3.63) is 51.4 Å². The maximum Gasteiger partial charge on any atom is 0.106 e. The third-order valence-corrected chi connectivity index (χ3v) is 3.44. The molecule has 0 aliphatic rings. The molecule has 0 saturated carbocycles. The molecule has 0 bridgehead atoms. The van der Waals surface area contributed by atoms with Gasteiger partial charge in [0.15, 0.2) is 0 Å². The topological polar surface area (TPSA) is 24.9 Å². The Labute approximate surface area is 104 Å². The number of rotatable bonds is 4. The Hall–Kier alpha value is -0.900. The van der Waals surface area contributed by atoms with Gasteiger partial charge < -0.3 is 5.32 Å². The molecular weight excluding hydrogens is 240 g/mol. The minimum Gasteiger partial charge on any atom is -0.304 e. The molecule has 1 aromatic heterocycles. The van der Waals surface area contributed by atoms with Gasteiger partial charge in [0.2, 0.25) is 0 Å². The van der Waals surface area contributed by atoms with Crippen molar-refractivity contribution >= 4 is 22.9 Å². The first kappa shape index (κ1) is 11.6. The van der Waals surface area contributed by atoms with Crippen LogP contribution in [0, 0.1) is 0 Å². The smallest absolute Gasteiger partial charge is 0.106 e.